The summed E-state index contributed by atoms with van der Waals surface area (Å²) < 4.78 is 38.4. The van der Waals surface area contributed by atoms with Crippen molar-refractivity contribution in [1.82, 2.24) is 14.3 Å². The normalized spacial score (nSPS) is 18.1. The maximum absolute atomic E-state index is 13.0. The van der Waals surface area contributed by atoms with Gasteiger partial charge in [-0.05, 0) is 38.5 Å². The summed E-state index contributed by atoms with van der Waals surface area (Å²) in [6.45, 7) is 4.24. The number of benzene rings is 1. The molecule has 1 aliphatic heterocycles. The first-order chi connectivity index (χ1) is 12.3. The van der Waals surface area contributed by atoms with Gasteiger partial charge in [-0.2, -0.15) is 9.29 Å². The van der Waals surface area contributed by atoms with Crippen LogP contribution in [-0.2, 0) is 10.0 Å². The Kier molecular flexibility index (Phi) is 5.36. The summed E-state index contributed by atoms with van der Waals surface area (Å²) in [5.41, 5.74) is 0.804. The van der Waals surface area contributed by atoms with E-state index < -0.39 is 10.0 Å². The van der Waals surface area contributed by atoms with Gasteiger partial charge in [-0.1, -0.05) is 11.6 Å². The van der Waals surface area contributed by atoms with E-state index in [4.69, 9.17) is 21.1 Å². The molecule has 1 aromatic heterocycles. The van der Waals surface area contributed by atoms with Gasteiger partial charge in [0.1, 0.15) is 22.6 Å². The standard InChI is InChI=1S/C17H20ClN3O4S/c1-11-8-17(20-12(2)19-11)25-14-6-7-21(10-14)26(22,23)16-9-13(18)4-5-15(16)24-3/h4-5,8-9,14H,6-7,10H2,1-3H3/t14-/m0/s1. The molecule has 9 heteroatoms. The molecular formula is C17H20ClN3O4S. The number of ether oxygens (including phenoxy) is 2. The molecule has 3 rings (SSSR count). The predicted molar refractivity (Wildman–Crippen MR) is 97.3 cm³/mol. The molecule has 26 heavy (non-hydrogen) atoms. The smallest absolute Gasteiger partial charge is 0.246 e. The van der Waals surface area contributed by atoms with Crippen molar-refractivity contribution in [2.45, 2.75) is 31.3 Å². The Hall–Kier alpha value is -1.90. The number of hydrogen-bond donors (Lipinski definition) is 0. The first kappa shape index (κ1) is 18.9. The summed E-state index contributed by atoms with van der Waals surface area (Å²) in [7, 11) is -2.31. The van der Waals surface area contributed by atoms with Crippen LogP contribution in [0.2, 0.25) is 5.02 Å². The Balaban J connectivity index is 1.78. The highest BCUT2D eigenvalue weighted by Crippen LogP contribution is 2.31. The monoisotopic (exact) mass is 397 g/mol. The number of methoxy groups -OCH3 is 1. The van der Waals surface area contributed by atoms with Crippen molar-refractivity contribution < 1.29 is 17.9 Å². The van der Waals surface area contributed by atoms with E-state index in [2.05, 4.69) is 9.97 Å². The van der Waals surface area contributed by atoms with E-state index in [9.17, 15) is 8.42 Å². The highest BCUT2D eigenvalue weighted by Gasteiger charge is 2.35. The van der Waals surface area contributed by atoms with Gasteiger partial charge in [0.2, 0.25) is 15.9 Å². The largest absolute Gasteiger partial charge is 0.495 e. The molecule has 0 spiro atoms. The molecule has 0 amide bonds. The van der Waals surface area contributed by atoms with Crippen LogP contribution < -0.4 is 9.47 Å². The van der Waals surface area contributed by atoms with Gasteiger partial charge in [0.05, 0.1) is 13.7 Å². The van der Waals surface area contributed by atoms with E-state index in [1.54, 1.807) is 25.1 Å². The molecule has 1 atom stereocenters. The average molecular weight is 398 g/mol. The lowest BCUT2D eigenvalue weighted by Gasteiger charge is -2.19. The zero-order valence-electron chi connectivity index (χ0n) is 14.8. The molecule has 0 aliphatic carbocycles. The van der Waals surface area contributed by atoms with Crippen LogP contribution in [0.4, 0.5) is 0 Å². The summed E-state index contributed by atoms with van der Waals surface area (Å²) in [6.07, 6.45) is 0.299. The summed E-state index contributed by atoms with van der Waals surface area (Å²) in [5, 5.41) is 0.336. The molecule has 0 saturated carbocycles. The number of rotatable bonds is 5. The van der Waals surface area contributed by atoms with Gasteiger partial charge in [0.25, 0.3) is 0 Å². The molecule has 140 valence electrons. The van der Waals surface area contributed by atoms with E-state index in [1.165, 1.54) is 17.5 Å². The molecule has 0 N–H and O–H groups in total. The third-order valence-corrected chi connectivity index (χ3v) is 6.20. The third kappa shape index (κ3) is 3.92. The number of nitrogens with zero attached hydrogens (tertiary/aromatic N) is 3. The first-order valence-electron chi connectivity index (χ1n) is 8.12. The molecule has 0 unspecified atom stereocenters. The Morgan fingerprint density at radius 1 is 1.23 bits per heavy atom. The van der Waals surface area contributed by atoms with Crippen LogP contribution in [0.5, 0.6) is 11.6 Å². The second-order valence-electron chi connectivity index (χ2n) is 6.08. The van der Waals surface area contributed by atoms with Gasteiger partial charge in [0, 0.05) is 23.3 Å². The van der Waals surface area contributed by atoms with Crippen molar-refractivity contribution >= 4 is 21.6 Å². The molecule has 1 fully saturated rings. The van der Waals surface area contributed by atoms with Crippen molar-refractivity contribution in [3.63, 3.8) is 0 Å². The minimum absolute atomic E-state index is 0.0573. The highest BCUT2D eigenvalue weighted by atomic mass is 35.5. The maximum atomic E-state index is 13.0. The van der Waals surface area contributed by atoms with Crippen LogP contribution >= 0.6 is 11.6 Å². The van der Waals surface area contributed by atoms with Crippen LogP contribution in [0.1, 0.15) is 17.9 Å². The number of halogens is 1. The number of aryl methyl sites for hydroxylation is 2. The molecule has 1 aromatic carbocycles. The molecule has 0 bridgehead atoms. The zero-order valence-corrected chi connectivity index (χ0v) is 16.3. The lowest BCUT2D eigenvalue weighted by molar-refractivity contribution is 0.206. The van der Waals surface area contributed by atoms with E-state index in [0.29, 0.717) is 29.7 Å². The molecule has 1 aliphatic rings. The molecule has 1 saturated heterocycles. The van der Waals surface area contributed by atoms with Gasteiger partial charge in [-0.15, -0.1) is 0 Å². The third-order valence-electron chi connectivity index (χ3n) is 4.08. The van der Waals surface area contributed by atoms with Gasteiger partial charge >= 0.3 is 0 Å². The van der Waals surface area contributed by atoms with E-state index in [1.807, 2.05) is 6.92 Å². The fourth-order valence-corrected chi connectivity index (χ4v) is 4.82. The Morgan fingerprint density at radius 3 is 2.69 bits per heavy atom. The zero-order chi connectivity index (χ0) is 18.9. The Morgan fingerprint density at radius 2 is 2.00 bits per heavy atom. The average Bonchev–Trinajstić information content (AvgIpc) is 3.03. The van der Waals surface area contributed by atoms with E-state index >= 15 is 0 Å². The SMILES string of the molecule is COc1ccc(Cl)cc1S(=O)(=O)N1CC[C@H](Oc2cc(C)nc(C)n2)C1. The van der Waals surface area contributed by atoms with Crippen LogP contribution in [0.3, 0.4) is 0 Å². The minimum atomic E-state index is -3.73. The highest BCUT2D eigenvalue weighted by molar-refractivity contribution is 7.89. The number of hydrogen-bond acceptors (Lipinski definition) is 6. The van der Waals surface area contributed by atoms with Crippen molar-refractivity contribution in [3.8, 4) is 11.6 Å². The van der Waals surface area contributed by atoms with Gasteiger partial charge < -0.3 is 9.47 Å². The van der Waals surface area contributed by atoms with Crippen LogP contribution in [0.15, 0.2) is 29.2 Å². The summed E-state index contributed by atoms with van der Waals surface area (Å²) in [5.74, 6) is 1.34. The second kappa shape index (κ2) is 7.38. The predicted octanol–water partition coefficient (Wildman–Crippen LogP) is 2.60. The molecule has 0 radical (unpaired) electrons. The second-order valence-corrected chi connectivity index (χ2v) is 8.42. The lowest BCUT2D eigenvalue weighted by atomic mass is 10.3. The maximum Gasteiger partial charge on any atom is 0.246 e. The molecule has 2 heterocycles. The van der Waals surface area contributed by atoms with Crippen molar-refractivity contribution in [2.75, 3.05) is 20.2 Å². The fourth-order valence-electron chi connectivity index (χ4n) is 2.92. The van der Waals surface area contributed by atoms with Crippen molar-refractivity contribution in [2.24, 2.45) is 0 Å². The van der Waals surface area contributed by atoms with Gasteiger partial charge in [0.15, 0.2) is 0 Å². The van der Waals surface area contributed by atoms with E-state index in [-0.39, 0.29) is 23.3 Å². The minimum Gasteiger partial charge on any atom is -0.495 e. The van der Waals surface area contributed by atoms with Gasteiger partial charge in [-0.25, -0.2) is 13.4 Å². The number of sulfonamides is 1. The van der Waals surface area contributed by atoms with Crippen LogP contribution in [0.25, 0.3) is 0 Å². The molecular weight excluding hydrogens is 378 g/mol. The number of aromatic nitrogens is 2. The Bertz CT molecular complexity index is 900. The lowest BCUT2D eigenvalue weighted by Crippen LogP contribution is -2.31. The topological polar surface area (TPSA) is 81.6 Å². The summed E-state index contributed by atoms with van der Waals surface area (Å²) >= 11 is 5.97. The summed E-state index contributed by atoms with van der Waals surface area (Å²) in [6, 6.07) is 6.28. The van der Waals surface area contributed by atoms with Crippen molar-refractivity contribution in [1.29, 1.82) is 0 Å². The summed E-state index contributed by atoms with van der Waals surface area (Å²) in [4.78, 5) is 8.51. The van der Waals surface area contributed by atoms with Crippen molar-refractivity contribution in [3.05, 3.63) is 40.8 Å². The van der Waals surface area contributed by atoms with Crippen LogP contribution in [0, 0.1) is 13.8 Å². The van der Waals surface area contributed by atoms with Gasteiger partial charge in [-0.3, -0.25) is 0 Å². The molecule has 2 aromatic rings. The first-order valence-corrected chi connectivity index (χ1v) is 9.94. The Labute approximate surface area is 158 Å². The van der Waals surface area contributed by atoms with Crippen LogP contribution in [-0.4, -0.2) is 49.0 Å². The molecule has 7 nitrogen and oxygen atoms in total. The quantitative estimate of drug-likeness (QED) is 0.771. The van der Waals surface area contributed by atoms with E-state index in [0.717, 1.165) is 5.69 Å². The fraction of sp³-hybridized carbons (Fsp3) is 0.412.